The van der Waals surface area contributed by atoms with Crippen molar-refractivity contribution in [3.8, 4) is 0 Å². The van der Waals surface area contributed by atoms with E-state index in [0.29, 0.717) is 5.69 Å². The summed E-state index contributed by atoms with van der Waals surface area (Å²) in [6.07, 6.45) is 0. The first-order chi connectivity index (χ1) is 9.16. The lowest BCUT2D eigenvalue weighted by Crippen LogP contribution is -2.03. The maximum atomic E-state index is 12.6. The van der Waals surface area contributed by atoms with Crippen LogP contribution in [-0.2, 0) is 0 Å². The highest BCUT2D eigenvalue weighted by atomic mass is 16.1. The fourth-order valence-electron chi connectivity index (χ4n) is 2.44. The van der Waals surface area contributed by atoms with Crippen LogP contribution in [0.1, 0.15) is 27.2 Å². The number of para-hydroxylation sites is 1. The van der Waals surface area contributed by atoms with Gasteiger partial charge in [0.05, 0.1) is 5.69 Å². The van der Waals surface area contributed by atoms with E-state index in [0.717, 1.165) is 27.6 Å². The van der Waals surface area contributed by atoms with Gasteiger partial charge in [0, 0.05) is 16.5 Å². The number of fused-ring (bicyclic) bond motifs is 1. The quantitative estimate of drug-likeness (QED) is 0.684. The average molecular weight is 249 g/mol. The molecule has 0 atom stereocenters. The normalized spacial score (nSPS) is 10.8. The summed E-state index contributed by atoms with van der Waals surface area (Å²) in [6.45, 7) is 3.98. The molecule has 0 bridgehead atoms. The zero-order chi connectivity index (χ0) is 13.4. The number of hydrogen-bond acceptors (Lipinski definition) is 1. The van der Waals surface area contributed by atoms with Gasteiger partial charge in [0.25, 0.3) is 0 Å². The number of H-pyrrole nitrogens is 1. The fourth-order valence-corrected chi connectivity index (χ4v) is 2.44. The van der Waals surface area contributed by atoms with E-state index in [1.165, 1.54) is 0 Å². The highest BCUT2D eigenvalue weighted by Crippen LogP contribution is 2.23. The molecule has 94 valence electrons. The largest absolute Gasteiger partial charge is 0.352 e. The minimum atomic E-state index is 0.0531. The van der Waals surface area contributed by atoms with Gasteiger partial charge in [-0.2, -0.15) is 0 Å². The number of aryl methyl sites for hydroxylation is 2. The zero-order valence-electron chi connectivity index (χ0n) is 11.0. The summed E-state index contributed by atoms with van der Waals surface area (Å²) in [4.78, 5) is 15.8. The van der Waals surface area contributed by atoms with Crippen molar-refractivity contribution in [2.24, 2.45) is 0 Å². The maximum Gasteiger partial charge on any atom is 0.209 e. The second-order valence-corrected chi connectivity index (χ2v) is 4.87. The van der Waals surface area contributed by atoms with Crippen molar-refractivity contribution < 1.29 is 4.79 Å². The van der Waals surface area contributed by atoms with E-state index in [9.17, 15) is 4.79 Å². The predicted molar refractivity (Wildman–Crippen MR) is 77.6 cm³/mol. The van der Waals surface area contributed by atoms with Gasteiger partial charge in [-0.3, -0.25) is 4.79 Å². The Bertz CT molecular complexity index is 768. The smallest absolute Gasteiger partial charge is 0.209 e. The van der Waals surface area contributed by atoms with Crippen LogP contribution >= 0.6 is 0 Å². The van der Waals surface area contributed by atoms with Crippen molar-refractivity contribution in [3.63, 3.8) is 0 Å². The molecule has 2 nitrogen and oxygen atoms in total. The van der Waals surface area contributed by atoms with Crippen molar-refractivity contribution in [2.75, 3.05) is 0 Å². The van der Waals surface area contributed by atoms with Crippen molar-refractivity contribution in [1.29, 1.82) is 0 Å². The fraction of sp³-hybridized carbons (Fsp3) is 0.118. The topological polar surface area (TPSA) is 32.9 Å². The predicted octanol–water partition coefficient (Wildman–Crippen LogP) is 4.02. The van der Waals surface area contributed by atoms with Crippen LogP contribution in [0.5, 0.6) is 0 Å². The van der Waals surface area contributed by atoms with E-state index in [1.54, 1.807) is 0 Å². The number of nitrogens with one attached hydrogen (secondary N) is 1. The molecule has 19 heavy (non-hydrogen) atoms. The van der Waals surface area contributed by atoms with E-state index >= 15 is 0 Å². The monoisotopic (exact) mass is 249 g/mol. The van der Waals surface area contributed by atoms with Crippen molar-refractivity contribution in [2.45, 2.75) is 13.8 Å². The van der Waals surface area contributed by atoms with Crippen LogP contribution in [0.3, 0.4) is 0 Å². The van der Waals surface area contributed by atoms with Crippen LogP contribution < -0.4 is 0 Å². The lowest BCUT2D eigenvalue weighted by molar-refractivity contribution is 0.103. The summed E-state index contributed by atoms with van der Waals surface area (Å²) in [5.74, 6) is 0.0531. The van der Waals surface area contributed by atoms with Crippen LogP contribution in [0.15, 0.2) is 48.5 Å². The number of rotatable bonds is 2. The molecule has 0 aliphatic rings. The zero-order valence-corrected chi connectivity index (χ0v) is 11.0. The van der Waals surface area contributed by atoms with Crippen LogP contribution in [0.2, 0.25) is 0 Å². The van der Waals surface area contributed by atoms with Crippen LogP contribution in [0.4, 0.5) is 0 Å². The third-order valence-electron chi connectivity index (χ3n) is 3.47. The van der Waals surface area contributed by atoms with Crippen molar-refractivity contribution in [3.05, 3.63) is 70.9 Å². The molecule has 0 unspecified atom stereocenters. The van der Waals surface area contributed by atoms with Crippen LogP contribution in [-0.4, -0.2) is 10.8 Å². The average Bonchev–Trinajstić information content (AvgIpc) is 2.76. The van der Waals surface area contributed by atoms with Gasteiger partial charge in [0.15, 0.2) is 0 Å². The van der Waals surface area contributed by atoms with Gasteiger partial charge >= 0.3 is 0 Å². The molecule has 0 saturated carbocycles. The molecule has 0 amide bonds. The summed E-state index contributed by atoms with van der Waals surface area (Å²) in [6, 6.07) is 15.7. The Labute approximate surface area is 112 Å². The van der Waals surface area contributed by atoms with Crippen LogP contribution in [0, 0.1) is 13.8 Å². The molecule has 0 saturated heterocycles. The lowest BCUT2D eigenvalue weighted by Gasteiger charge is -2.01. The molecule has 0 aliphatic heterocycles. The summed E-state index contributed by atoms with van der Waals surface area (Å²) in [7, 11) is 0. The van der Waals surface area contributed by atoms with Crippen LogP contribution in [0.25, 0.3) is 10.9 Å². The SMILES string of the molecule is Cc1cccc(C(=O)c2[nH]c3ccccc3c2C)c1. The summed E-state index contributed by atoms with van der Waals surface area (Å²) < 4.78 is 0. The first-order valence-electron chi connectivity index (χ1n) is 6.35. The Morgan fingerprint density at radius 3 is 2.53 bits per heavy atom. The molecule has 0 spiro atoms. The number of carbonyl (C=O) groups excluding carboxylic acids is 1. The number of carbonyl (C=O) groups is 1. The third kappa shape index (κ3) is 1.95. The molecule has 1 heterocycles. The second-order valence-electron chi connectivity index (χ2n) is 4.87. The standard InChI is InChI=1S/C17H15NO/c1-11-6-5-7-13(10-11)17(19)16-12(2)14-8-3-4-9-15(14)18-16/h3-10,18H,1-2H3. The van der Waals surface area contributed by atoms with E-state index in [1.807, 2.05) is 62.4 Å². The summed E-state index contributed by atoms with van der Waals surface area (Å²) >= 11 is 0. The van der Waals surface area contributed by atoms with Gasteiger partial charge in [-0.1, -0.05) is 42.0 Å². The molecule has 0 radical (unpaired) electrons. The minimum Gasteiger partial charge on any atom is -0.352 e. The molecule has 1 aromatic heterocycles. The number of ketones is 1. The van der Waals surface area contributed by atoms with Gasteiger partial charge in [0.2, 0.25) is 5.78 Å². The molecule has 1 N–H and O–H groups in total. The molecule has 2 heteroatoms. The molecular formula is C17H15NO. The summed E-state index contributed by atoms with van der Waals surface area (Å²) in [5.41, 5.74) is 4.54. The number of hydrogen-bond donors (Lipinski definition) is 1. The van der Waals surface area contributed by atoms with Gasteiger partial charge in [0.1, 0.15) is 0 Å². The Morgan fingerprint density at radius 1 is 1.00 bits per heavy atom. The molecule has 0 aliphatic carbocycles. The number of aromatic amines is 1. The highest BCUT2D eigenvalue weighted by Gasteiger charge is 2.16. The van der Waals surface area contributed by atoms with E-state index < -0.39 is 0 Å². The van der Waals surface area contributed by atoms with E-state index in [-0.39, 0.29) is 5.78 Å². The Balaban J connectivity index is 2.14. The van der Waals surface area contributed by atoms with Gasteiger partial charge in [-0.05, 0) is 31.5 Å². The van der Waals surface area contributed by atoms with Gasteiger partial charge in [-0.25, -0.2) is 0 Å². The van der Waals surface area contributed by atoms with Crippen molar-refractivity contribution >= 4 is 16.7 Å². The molecule has 3 aromatic rings. The molecule has 2 aromatic carbocycles. The molecule has 0 fully saturated rings. The Hall–Kier alpha value is -2.35. The molecule has 3 rings (SSSR count). The first-order valence-corrected chi connectivity index (χ1v) is 6.35. The van der Waals surface area contributed by atoms with E-state index in [4.69, 9.17) is 0 Å². The van der Waals surface area contributed by atoms with Crippen molar-refractivity contribution in [1.82, 2.24) is 4.98 Å². The summed E-state index contributed by atoms with van der Waals surface area (Å²) in [5, 5.41) is 1.11. The number of aromatic nitrogens is 1. The van der Waals surface area contributed by atoms with Gasteiger partial charge in [-0.15, -0.1) is 0 Å². The first kappa shape index (κ1) is 11.7. The maximum absolute atomic E-state index is 12.6. The Kier molecular flexibility index (Phi) is 2.71. The number of benzene rings is 2. The van der Waals surface area contributed by atoms with Gasteiger partial charge < -0.3 is 4.98 Å². The Morgan fingerprint density at radius 2 is 1.79 bits per heavy atom. The molecular weight excluding hydrogens is 234 g/mol. The third-order valence-corrected chi connectivity index (χ3v) is 3.47. The highest BCUT2D eigenvalue weighted by molar-refractivity contribution is 6.11. The second kappa shape index (κ2) is 4.39. The van der Waals surface area contributed by atoms with E-state index in [2.05, 4.69) is 4.98 Å². The minimum absolute atomic E-state index is 0.0531. The lowest BCUT2D eigenvalue weighted by atomic mass is 10.0.